The maximum Gasteiger partial charge on any atom is 0.276 e. The molecule has 1 heterocycles. The van der Waals surface area contributed by atoms with Crippen LogP contribution in [0, 0.1) is 0 Å². The molecule has 6 nitrogen and oxygen atoms in total. The monoisotopic (exact) mass is 377 g/mol. The minimum atomic E-state index is -0.294. The van der Waals surface area contributed by atoms with E-state index in [1.54, 1.807) is 12.1 Å². The number of anilines is 1. The largest absolute Gasteiger partial charge is 0.495 e. The number of nitrogens with zero attached hydrogens (tertiary/aromatic N) is 2. The molecule has 140 valence electrons. The summed E-state index contributed by atoms with van der Waals surface area (Å²) < 4.78 is 12.5. The van der Waals surface area contributed by atoms with Crippen LogP contribution < -0.4 is 14.8 Å². The van der Waals surface area contributed by atoms with Gasteiger partial charge in [0.05, 0.1) is 30.5 Å². The van der Waals surface area contributed by atoms with Gasteiger partial charge in [0.25, 0.3) is 5.91 Å². The Morgan fingerprint density at radius 3 is 2.38 bits per heavy atom. The molecule has 1 saturated carbocycles. The zero-order valence-electron chi connectivity index (χ0n) is 15.7. The number of ether oxygens (including phenoxy) is 2. The maximum absolute atomic E-state index is 12.8. The molecule has 0 unspecified atom stereocenters. The van der Waals surface area contributed by atoms with Gasteiger partial charge in [0.15, 0.2) is 5.69 Å². The van der Waals surface area contributed by atoms with Gasteiger partial charge in [-0.1, -0.05) is 11.6 Å². The molecule has 1 N–H and O–H groups in total. The Morgan fingerprint density at radius 2 is 1.85 bits per heavy atom. The van der Waals surface area contributed by atoms with E-state index in [2.05, 4.69) is 31.2 Å². The SMILES string of the molecule is COc1cc(NC(=O)c2cc(C3CC3)n(C(C)(C)C)n2)c(OC)cc1Cl. The third-order valence-corrected chi connectivity index (χ3v) is 4.62. The van der Waals surface area contributed by atoms with Crippen molar-refractivity contribution < 1.29 is 14.3 Å². The molecule has 0 atom stereocenters. The molecule has 0 aliphatic heterocycles. The molecule has 0 spiro atoms. The molecule has 1 aliphatic rings. The highest BCUT2D eigenvalue weighted by atomic mass is 35.5. The highest BCUT2D eigenvalue weighted by Crippen LogP contribution is 2.42. The predicted molar refractivity (Wildman–Crippen MR) is 102 cm³/mol. The maximum atomic E-state index is 12.8. The molecule has 0 saturated heterocycles. The van der Waals surface area contributed by atoms with E-state index in [1.165, 1.54) is 14.2 Å². The standard InChI is InChI=1S/C19H24ClN3O3/c1-19(2,3)23-15(11-6-7-11)9-14(22-23)18(24)21-13-10-16(25-4)12(20)8-17(13)26-5/h8-11H,6-7H2,1-5H3,(H,21,24). The van der Waals surface area contributed by atoms with Crippen LogP contribution in [0.15, 0.2) is 18.2 Å². The molecule has 1 aromatic heterocycles. The number of carbonyl (C=O) groups excluding carboxylic acids is 1. The fraction of sp³-hybridized carbons (Fsp3) is 0.474. The second-order valence-electron chi connectivity index (χ2n) is 7.45. The fourth-order valence-corrected chi connectivity index (χ4v) is 3.09. The highest BCUT2D eigenvalue weighted by molar-refractivity contribution is 6.32. The minimum absolute atomic E-state index is 0.183. The number of halogens is 1. The molecule has 1 aliphatic carbocycles. The number of hydrogen-bond donors (Lipinski definition) is 1. The highest BCUT2D eigenvalue weighted by Gasteiger charge is 2.32. The van der Waals surface area contributed by atoms with Crippen molar-refractivity contribution in [2.45, 2.75) is 45.1 Å². The molecule has 1 aromatic carbocycles. The van der Waals surface area contributed by atoms with Crippen LogP contribution >= 0.6 is 11.6 Å². The summed E-state index contributed by atoms with van der Waals surface area (Å²) in [5, 5.41) is 7.83. The van der Waals surface area contributed by atoms with Crippen molar-refractivity contribution in [3.63, 3.8) is 0 Å². The van der Waals surface area contributed by atoms with Crippen molar-refractivity contribution in [2.24, 2.45) is 0 Å². The van der Waals surface area contributed by atoms with E-state index in [0.29, 0.717) is 33.8 Å². The molecule has 0 radical (unpaired) electrons. The van der Waals surface area contributed by atoms with Crippen LogP contribution in [0.5, 0.6) is 11.5 Å². The second-order valence-corrected chi connectivity index (χ2v) is 7.86. The number of rotatable bonds is 5. The first-order valence-corrected chi connectivity index (χ1v) is 8.95. The summed E-state index contributed by atoms with van der Waals surface area (Å²) in [6.07, 6.45) is 2.29. The summed E-state index contributed by atoms with van der Waals surface area (Å²) in [7, 11) is 3.04. The molecule has 7 heteroatoms. The fourth-order valence-electron chi connectivity index (χ4n) is 2.86. The van der Waals surface area contributed by atoms with Gasteiger partial charge >= 0.3 is 0 Å². The average molecular weight is 378 g/mol. The Morgan fingerprint density at radius 1 is 1.19 bits per heavy atom. The zero-order chi connectivity index (χ0) is 19.1. The lowest BCUT2D eigenvalue weighted by molar-refractivity contribution is 0.102. The van der Waals surface area contributed by atoms with Crippen LogP contribution in [0.1, 0.15) is 55.7 Å². The van der Waals surface area contributed by atoms with Gasteiger partial charge in [-0.25, -0.2) is 0 Å². The van der Waals surface area contributed by atoms with Crippen LogP contribution in [0.25, 0.3) is 0 Å². The first kappa shape index (κ1) is 18.6. The van der Waals surface area contributed by atoms with Gasteiger partial charge in [-0.3, -0.25) is 9.48 Å². The van der Waals surface area contributed by atoms with E-state index in [4.69, 9.17) is 21.1 Å². The smallest absolute Gasteiger partial charge is 0.276 e. The Kier molecular flexibility index (Phi) is 4.88. The summed E-state index contributed by atoms with van der Waals surface area (Å²) in [5.41, 5.74) is 1.80. The number of amides is 1. The van der Waals surface area contributed by atoms with E-state index in [1.807, 2.05) is 10.7 Å². The molecule has 1 fully saturated rings. The zero-order valence-corrected chi connectivity index (χ0v) is 16.5. The van der Waals surface area contributed by atoms with Crippen molar-refractivity contribution in [1.29, 1.82) is 0 Å². The Hall–Kier alpha value is -2.21. The van der Waals surface area contributed by atoms with Gasteiger partial charge in [0.1, 0.15) is 11.5 Å². The van der Waals surface area contributed by atoms with Gasteiger partial charge in [0, 0.05) is 23.7 Å². The second kappa shape index (κ2) is 6.83. The van der Waals surface area contributed by atoms with Crippen molar-refractivity contribution >= 4 is 23.2 Å². The molecule has 2 aromatic rings. The van der Waals surface area contributed by atoms with Gasteiger partial charge < -0.3 is 14.8 Å². The molecule has 1 amide bonds. The van der Waals surface area contributed by atoms with E-state index in [-0.39, 0.29) is 11.4 Å². The van der Waals surface area contributed by atoms with Crippen LogP contribution in [-0.4, -0.2) is 29.9 Å². The van der Waals surface area contributed by atoms with Crippen LogP contribution in [0.2, 0.25) is 5.02 Å². The number of hydrogen-bond acceptors (Lipinski definition) is 4. The third kappa shape index (κ3) is 3.65. The lowest BCUT2D eigenvalue weighted by Gasteiger charge is -2.22. The van der Waals surface area contributed by atoms with Crippen LogP contribution in [-0.2, 0) is 5.54 Å². The first-order chi connectivity index (χ1) is 12.2. The summed E-state index contributed by atoms with van der Waals surface area (Å²) in [6.45, 7) is 6.25. The Labute approximate surface area is 158 Å². The van der Waals surface area contributed by atoms with Crippen LogP contribution in [0.4, 0.5) is 5.69 Å². The summed E-state index contributed by atoms with van der Waals surface area (Å²) in [6, 6.07) is 5.14. The average Bonchev–Trinajstić information content (AvgIpc) is 3.32. The topological polar surface area (TPSA) is 65.4 Å². The van der Waals surface area contributed by atoms with Crippen molar-refractivity contribution in [3.05, 3.63) is 34.6 Å². The number of carbonyl (C=O) groups is 1. The van der Waals surface area contributed by atoms with Gasteiger partial charge in [-0.15, -0.1) is 0 Å². The molecule has 3 rings (SSSR count). The third-order valence-electron chi connectivity index (χ3n) is 4.32. The summed E-state index contributed by atoms with van der Waals surface area (Å²) >= 11 is 6.12. The van der Waals surface area contributed by atoms with E-state index in [9.17, 15) is 4.79 Å². The number of nitrogens with one attached hydrogen (secondary N) is 1. The molecule has 0 bridgehead atoms. The van der Waals surface area contributed by atoms with E-state index < -0.39 is 0 Å². The lowest BCUT2D eigenvalue weighted by Crippen LogP contribution is -2.25. The Bertz CT molecular complexity index is 835. The van der Waals surface area contributed by atoms with Gasteiger partial charge in [0.2, 0.25) is 0 Å². The molecular weight excluding hydrogens is 354 g/mol. The van der Waals surface area contributed by atoms with Crippen molar-refractivity contribution in [2.75, 3.05) is 19.5 Å². The normalized spacial score (nSPS) is 14.2. The number of aromatic nitrogens is 2. The van der Waals surface area contributed by atoms with Crippen LogP contribution in [0.3, 0.4) is 0 Å². The lowest BCUT2D eigenvalue weighted by atomic mass is 10.1. The van der Waals surface area contributed by atoms with Gasteiger partial charge in [-0.2, -0.15) is 5.10 Å². The van der Waals surface area contributed by atoms with E-state index in [0.717, 1.165) is 18.5 Å². The van der Waals surface area contributed by atoms with Crippen molar-refractivity contribution in [1.82, 2.24) is 9.78 Å². The summed E-state index contributed by atoms with van der Waals surface area (Å²) in [4.78, 5) is 12.8. The van der Waals surface area contributed by atoms with Crippen molar-refractivity contribution in [3.8, 4) is 11.5 Å². The Balaban J connectivity index is 1.91. The molecule has 26 heavy (non-hydrogen) atoms. The predicted octanol–water partition coefficient (Wildman–Crippen LogP) is 4.44. The molecular formula is C19H24ClN3O3. The van der Waals surface area contributed by atoms with Gasteiger partial charge in [-0.05, 0) is 39.7 Å². The quantitative estimate of drug-likeness (QED) is 0.836. The number of methoxy groups -OCH3 is 2. The first-order valence-electron chi connectivity index (χ1n) is 8.58. The number of benzene rings is 1. The summed E-state index contributed by atoms with van der Waals surface area (Å²) in [5.74, 6) is 1.12. The minimum Gasteiger partial charge on any atom is -0.495 e. The van der Waals surface area contributed by atoms with E-state index >= 15 is 0 Å².